The Morgan fingerprint density at radius 2 is 1.73 bits per heavy atom. The third-order valence-corrected chi connectivity index (χ3v) is 4.17. The summed E-state index contributed by atoms with van der Waals surface area (Å²) in [7, 11) is 1.58. The molecule has 0 unspecified atom stereocenters. The second-order valence-electron chi connectivity index (χ2n) is 4.20. The van der Waals surface area contributed by atoms with Crippen LogP contribution in [-0.4, -0.2) is 42.2 Å². The van der Waals surface area contributed by atoms with Crippen molar-refractivity contribution in [2.24, 2.45) is 0 Å². The van der Waals surface area contributed by atoms with Crippen molar-refractivity contribution in [3.63, 3.8) is 0 Å². The van der Waals surface area contributed by atoms with E-state index in [1.807, 2.05) is 11.8 Å². The van der Waals surface area contributed by atoms with Crippen LogP contribution in [0.1, 0.15) is 25.7 Å². The Morgan fingerprint density at radius 3 is 2.13 bits per heavy atom. The molecule has 0 atom stereocenters. The van der Waals surface area contributed by atoms with Crippen molar-refractivity contribution >= 4 is 11.8 Å². The Morgan fingerprint density at radius 1 is 1.20 bits per heavy atom. The Labute approximate surface area is 93.4 Å². The van der Waals surface area contributed by atoms with Gasteiger partial charge in [-0.15, -0.1) is 0 Å². The van der Waals surface area contributed by atoms with Crippen LogP contribution >= 0.6 is 11.8 Å². The normalized spacial score (nSPS) is 28.4. The van der Waals surface area contributed by atoms with Crippen molar-refractivity contribution in [3.05, 3.63) is 0 Å². The Bertz CT molecular complexity index is 188. The number of halogens is 3. The summed E-state index contributed by atoms with van der Waals surface area (Å²) in [6, 6.07) is 0.120. The highest BCUT2D eigenvalue weighted by Crippen LogP contribution is 2.30. The molecule has 5 heteroatoms. The fraction of sp³-hybridized carbons (Fsp3) is 1.00. The highest BCUT2D eigenvalue weighted by molar-refractivity contribution is 7.99. The van der Waals surface area contributed by atoms with E-state index in [1.165, 1.54) is 4.90 Å². The van der Waals surface area contributed by atoms with E-state index in [-0.39, 0.29) is 6.04 Å². The zero-order valence-electron chi connectivity index (χ0n) is 9.18. The first-order chi connectivity index (χ1) is 6.92. The third-order valence-electron chi connectivity index (χ3n) is 3.03. The summed E-state index contributed by atoms with van der Waals surface area (Å²) in [5.41, 5.74) is 0. The van der Waals surface area contributed by atoms with Gasteiger partial charge in [0.25, 0.3) is 0 Å². The molecule has 0 radical (unpaired) electrons. The van der Waals surface area contributed by atoms with E-state index in [0.717, 1.165) is 25.7 Å². The largest absolute Gasteiger partial charge is 0.401 e. The summed E-state index contributed by atoms with van der Waals surface area (Å²) in [6.07, 6.45) is 1.91. The monoisotopic (exact) mass is 241 g/mol. The molecule has 0 aromatic carbocycles. The zero-order valence-corrected chi connectivity index (χ0v) is 10.00. The molecule has 0 bridgehead atoms. The van der Waals surface area contributed by atoms with Crippen molar-refractivity contribution in [2.75, 3.05) is 19.8 Å². The molecule has 0 aromatic heterocycles. The lowest BCUT2D eigenvalue weighted by Crippen LogP contribution is -2.41. The molecule has 0 amide bonds. The van der Waals surface area contributed by atoms with Crippen LogP contribution in [0.5, 0.6) is 0 Å². The Kier molecular flexibility index (Phi) is 4.77. The van der Waals surface area contributed by atoms with Gasteiger partial charge in [0.1, 0.15) is 0 Å². The smallest absolute Gasteiger partial charge is 0.295 e. The molecule has 0 saturated heterocycles. The van der Waals surface area contributed by atoms with Gasteiger partial charge in [-0.1, -0.05) is 0 Å². The van der Waals surface area contributed by atoms with E-state index in [2.05, 4.69) is 6.26 Å². The number of thioether (sulfide) groups is 1. The predicted octanol–water partition coefficient (Wildman–Crippen LogP) is 3.15. The molecule has 1 fully saturated rings. The number of nitrogens with zero attached hydrogens (tertiary/aromatic N) is 1. The van der Waals surface area contributed by atoms with Gasteiger partial charge < -0.3 is 0 Å². The lowest BCUT2D eigenvalue weighted by Gasteiger charge is -2.34. The SMILES string of the molecule is CSC1CCC(N(C)CC(F)(F)F)CC1. The summed E-state index contributed by atoms with van der Waals surface area (Å²) >= 11 is 1.83. The molecule has 0 heterocycles. The number of hydrogen-bond donors (Lipinski definition) is 0. The summed E-state index contributed by atoms with van der Waals surface area (Å²) in [5, 5.41) is 0.653. The molecule has 90 valence electrons. The van der Waals surface area contributed by atoms with E-state index >= 15 is 0 Å². The number of alkyl halides is 3. The van der Waals surface area contributed by atoms with E-state index in [1.54, 1.807) is 7.05 Å². The van der Waals surface area contributed by atoms with Crippen LogP contribution in [0.25, 0.3) is 0 Å². The molecule has 1 nitrogen and oxygen atoms in total. The Hall–Kier alpha value is 0.100. The van der Waals surface area contributed by atoms with Crippen LogP contribution in [0.15, 0.2) is 0 Å². The third kappa shape index (κ3) is 4.64. The van der Waals surface area contributed by atoms with Gasteiger partial charge in [-0.3, -0.25) is 4.90 Å². The molecule has 1 rings (SSSR count). The van der Waals surface area contributed by atoms with Crippen LogP contribution in [0.4, 0.5) is 13.2 Å². The minimum absolute atomic E-state index is 0.120. The molecular formula is C10H18F3NS. The summed E-state index contributed by atoms with van der Waals surface area (Å²) in [6.45, 7) is -0.776. The van der Waals surface area contributed by atoms with E-state index in [0.29, 0.717) is 5.25 Å². The molecule has 1 aliphatic rings. The van der Waals surface area contributed by atoms with Crippen LogP contribution in [0, 0.1) is 0 Å². The molecule has 0 aromatic rings. The first-order valence-electron chi connectivity index (χ1n) is 5.22. The van der Waals surface area contributed by atoms with Crippen molar-refractivity contribution < 1.29 is 13.2 Å². The van der Waals surface area contributed by atoms with Gasteiger partial charge in [-0.25, -0.2) is 0 Å². The van der Waals surface area contributed by atoms with E-state index in [9.17, 15) is 13.2 Å². The highest BCUT2D eigenvalue weighted by atomic mass is 32.2. The van der Waals surface area contributed by atoms with E-state index in [4.69, 9.17) is 0 Å². The topological polar surface area (TPSA) is 3.24 Å². The average molecular weight is 241 g/mol. The van der Waals surface area contributed by atoms with Gasteiger partial charge >= 0.3 is 6.18 Å². The standard InChI is InChI=1S/C10H18F3NS/c1-14(7-10(11,12)13)8-3-5-9(15-2)6-4-8/h8-9H,3-7H2,1-2H3. The fourth-order valence-electron chi connectivity index (χ4n) is 2.13. The second kappa shape index (κ2) is 5.43. The van der Waals surface area contributed by atoms with Crippen LogP contribution < -0.4 is 0 Å². The van der Waals surface area contributed by atoms with Gasteiger partial charge in [0.2, 0.25) is 0 Å². The molecule has 0 N–H and O–H groups in total. The van der Waals surface area contributed by atoms with Crippen molar-refractivity contribution in [1.29, 1.82) is 0 Å². The van der Waals surface area contributed by atoms with Crippen molar-refractivity contribution in [2.45, 2.75) is 43.2 Å². The van der Waals surface area contributed by atoms with Crippen LogP contribution in [0.2, 0.25) is 0 Å². The maximum atomic E-state index is 12.2. The van der Waals surface area contributed by atoms with Crippen LogP contribution in [0.3, 0.4) is 0 Å². The van der Waals surface area contributed by atoms with Gasteiger partial charge in [-0.05, 0) is 39.0 Å². The van der Waals surface area contributed by atoms with Gasteiger partial charge in [0, 0.05) is 11.3 Å². The summed E-state index contributed by atoms with van der Waals surface area (Å²) in [5.74, 6) is 0. The lowest BCUT2D eigenvalue weighted by molar-refractivity contribution is -0.148. The first-order valence-corrected chi connectivity index (χ1v) is 6.51. The Balaban J connectivity index is 2.33. The quantitative estimate of drug-likeness (QED) is 0.746. The molecular weight excluding hydrogens is 223 g/mol. The molecule has 1 aliphatic carbocycles. The molecule has 1 saturated carbocycles. The zero-order chi connectivity index (χ0) is 11.5. The minimum Gasteiger partial charge on any atom is -0.295 e. The molecule has 0 aliphatic heterocycles. The molecule has 0 spiro atoms. The summed E-state index contributed by atoms with van der Waals surface area (Å²) in [4.78, 5) is 1.45. The first kappa shape index (κ1) is 13.2. The fourth-order valence-corrected chi connectivity index (χ4v) is 2.88. The number of rotatable bonds is 3. The highest BCUT2D eigenvalue weighted by Gasteiger charge is 2.33. The van der Waals surface area contributed by atoms with Crippen LogP contribution in [-0.2, 0) is 0 Å². The second-order valence-corrected chi connectivity index (χ2v) is 5.33. The van der Waals surface area contributed by atoms with Crippen molar-refractivity contribution in [1.82, 2.24) is 4.90 Å². The van der Waals surface area contributed by atoms with Gasteiger partial charge in [-0.2, -0.15) is 24.9 Å². The maximum absolute atomic E-state index is 12.2. The maximum Gasteiger partial charge on any atom is 0.401 e. The summed E-state index contributed by atoms with van der Waals surface area (Å²) < 4.78 is 36.5. The van der Waals surface area contributed by atoms with Crippen molar-refractivity contribution in [3.8, 4) is 0 Å². The molecule has 15 heavy (non-hydrogen) atoms. The average Bonchev–Trinajstić information content (AvgIpc) is 2.15. The van der Waals surface area contributed by atoms with Gasteiger partial charge in [0.15, 0.2) is 0 Å². The predicted molar refractivity (Wildman–Crippen MR) is 58.2 cm³/mol. The van der Waals surface area contributed by atoms with Gasteiger partial charge in [0.05, 0.1) is 6.54 Å². The minimum atomic E-state index is -4.06. The number of hydrogen-bond acceptors (Lipinski definition) is 2. The van der Waals surface area contributed by atoms with E-state index < -0.39 is 12.7 Å². The lowest BCUT2D eigenvalue weighted by atomic mass is 9.94.